The van der Waals surface area contributed by atoms with Crippen LogP contribution in [0.5, 0.6) is 5.75 Å². The first kappa shape index (κ1) is 14.6. The summed E-state index contributed by atoms with van der Waals surface area (Å²) in [6.07, 6.45) is 0. The van der Waals surface area contributed by atoms with E-state index in [0.29, 0.717) is 14.4 Å². The predicted molar refractivity (Wildman–Crippen MR) is 80.7 cm³/mol. The highest BCUT2D eigenvalue weighted by Gasteiger charge is 2.19. The van der Waals surface area contributed by atoms with E-state index in [0.717, 1.165) is 11.3 Å². The normalized spacial score (nSPS) is 11.5. The second-order valence-corrected chi connectivity index (χ2v) is 8.59. The fraction of sp³-hybridized carbons (Fsp3) is 0.0909. The Morgan fingerprint density at radius 3 is 2.63 bits per heavy atom. The molecule has 102 valence electrons. The van der Waals surface area contributed by atoms with E-state index in [-0.39, 0.29) is 15.6 Å². The molecule has 0 saturated carbocycles. The number of benzene rings is 1. The molecule has 0 aliphatic carbocycles. The highest BCUT2D eigenvalue weighted by Crippen LogP contribution is 2.34. The van der Waals surface area contributed by atoms with E-state index in [9.17, 15) is 13.5 Å². The first-order chi connectivity index (χ1) is 8.79. The van der Waals surface area contributed by atoms with Crippen molar-refractivity contribution in [2.24, 2.45) is 0 Å². The van der Waals surface area contributed by atoms with Crippen molar-refractivity contribution in [2.45, 2.75) is 11.1 Å². The van der Waals surface area contributed by atoms with Crippen molar-refractivity contribution in [1.29, 1.82) is 0 Å². The minimum atomic E-state index is -3.73. The molecule has 0 radical (unpaired) electrons. The van der Waals surface area contributed by atoms with Crippen LogP contribution in [-0.4, -0.2) is 13.5 Å². The van der Waals surface area contributed by atoms with Crippen LogP contribution in [0.1, 0.15) is 5.56 Å². The highest BCUT2D eigenvalue weighted by molar-refractivity contribution is 9.11. The van der Waals surface area contributed by atoms with Gasteiger partial charge < -0.3 is 5.11 Å². The molecule has 0 aliphatic heterocycles. The average Bonchev–Trinajstić information content (AvgIpc) is 2.72. The maximum Gasteiger partial charge on any atom is 0.271 e. The first-order valence-corrected chi connectivity index (χ1v) is 8.54. The lowest BCUT2D eigenvalue weighted by molar-refractivity contribution is 0.473. The Bertz CT molecular complexity index is 728. The molecule has 0 aliphatic rings. The molecule has 0 spiro atoms. The Hall–Kier alpha value is -0.760. The first-order valence-electron chi connectivity index (χ1n) is 5.07. The van der Waals surface area contributed by atoms with Crippen LogP contribution in [0.2, 0.25) is 5.02 Å². The van der Waals surface area contributed by atoms with Gasteiger partial charge in [-0.2, -0.15) is 0 Å². The zero-order valence-electron chi connectivity index (χ0n) is 9.65. The summed E-state index contributed by atoms with van der Waals surface area (Å²) < 4.78 is 27.4. The number of halogens is 2. The molecule has 2 N–H and O–H groups in total. The third-order valence-electron chi connectivity index (χ3n) is 2.32. The Kier molecular flexibility index (Phi) is 4.10. The Morgan fingerprint density at radius 1 is 1.37 bits per heavy atom. The lowest BCUT2D eigenvalue weighted by Crippen LogP contribution is -2.11. The number of sulfonamides is 1. The van der Waals surface area contributed by atoms with E-state index >= 15 is 0 Å². The van der Waals surface area contributed by atoms with Gasteiger partial charge >= 0.3 is 0 Å². The number of nitrogens with one attached hydrogen (secondary N) is 1. The Morgan fingerprint density at radius 2 is 2.05 bits per heavy atom. The van der Waals surface area contributed by atoms with Crippen molar-refractivity contribution in [3.8, 4) is 5.75 Å². The molecule has 0 atom stereocenters. The van der Waals surface area contributed by atoms with E-state index in [4.69, 9.17) is 11.6 Å². The van der Waals surface area contributed by atoms with Crippen LogP contribution in [0.3, 0.4) is 0 Å². The van der Waals surface area contributed by atoms with Crippen LogP contribution < -0.4 is 4.72 Å². The highest BCUT2D eigenvalue weighted by atomic mass is 79.9. The number of phenolic OH excluding ortho intramolecular Hbond substituents is 1. The van der Waals surface area contributed by atoms with Crippen LogP contribution in [0, 0.1) is 6.92 Å². The second kappa shape index (κ2) is 5.32. The molecule has 4 nitrogen and oxygen atoms in total. The molecule has 0 unspecified atom stereocenters. The maximum absolute atomic E-state index is 12.1. The molecule has 0 fully saturated rings. The van der Waals surface area contributed by atoms with Crippen molar-refractivity contribution in [3.63, 3.8) is 0 Å². The lowest BCUT2D eigenvalue weighted by Gasteiger charge is -2.10. The Balaban J connectivity index is 2.41. The van der Waals surface area contributed by atoms with Gasteiger partial charge in [0.25, 0.3) is 10.0 Å². The molecule has 19 heavy (non-hydrogen) atoms. The van der Waals surface area contributed by atoms with Crippen LogP contribution in [0.4, 0.5) is 5.69 Å². The number of thiophene rings is 1. The van der Waals surface area contributed by atoms with E-state index < -0.39 is 10.0 Å². The van der Waals surface area contributed by atoms with Gasteiger partial charge in [-0.05, 0) is 52.7 Å². The second-order valence-electron chi connectivity index (χ2n) is 3.78. The molecule has 0 amide bonds. The van der Waals surface area contributed by atoms with Crippen molar-refractivity contribution >= 4 is 54.6 Å². The van der Waals surface area contributed by atoms with Gasteiger partial charge in [0.1, 0.15) is 9.96 Å². The summed E-state index contributed by atoms with van der Waals surface area (Å²) in [6.45, 7) is 1.64. The van der Waals surface area contributed by atoms with Gasteiger partial charge in [0.15, 0.2) is 0 Å². The maximum atomic E-state index is 12.1. The summed E-state index contributed by atoms with van der Waals surface area (Å²) in [5.41, 5.74) is 0.562. The van der Waals surface area contributed by atoms with Gasteiger partial charge in [-0.25, -0.2) is 8.42 Å². The molecular weight excluding hydrogens is 374 g/mol. The third kappa shape index (κ3) is 3.22. The lowest BCUT2D eigenvalue weighted by atomic mass is 10.2. The van der Waals surface area contributed by atoms with Crippen molar-refractivity contribution < 1.29 is 13.5 Å². The SMILES string of the molecule is Cc1cc(Cl)cc(NS(=O)(=O)c2ccc(Br)s2)c1O. The number of aromatic hydroxyl groups is 1. The number of aryl methyl sites for hydroxylation is 1. The number of anilines is 1. The number of hydrogen-bond donors (Lipinski definition) is 2. The summed E-state index contributed by atoms with van der Waals surface area (Å²) in [5, 5.41) is 10.2. The number of hydrogen-bond acceptors (Lipinski definition) is 4. The van der Waals surface area contributed by atoms with E-state index in [1.54, 1.807) is 19.1 Å². The smallest absolute Gasteiger partial charge is 0.271 e. The van der Waals surface area contributed by atoms with Gasteiger partial charge in [-0.1, -0.05) is 11.6 Å². The summed E-state index contributed by atoms with van der Waals surface area (Å²) >= 11 is 10.1. The minimum Gasteiger partial charge on any atom is -0.505 e. The van der Waals surface area contributed by atoms with Gasteiger partial charge in [0.05, 0.1) is 9.47 Å². The van der Waals surface area contributed by atoms with Crippen LogP contribution >= 0.6 is 38.9 Å². The minimum absolute atomic E-state index is 0.0644. The van der Waals surface area contributed by atoms with E-state index in [2.05, 4.69) is 20.7 Å². The zero-order valence-corrected chi connectivity index (χ0v) is 13.6. The summed E-state index contributed by atoms with van der Waals surface area (Å²) in [4.78, 5) is 0. The van der Waals surface area contributed by atoms with Crippen molar-refractivity contribution in [2.75, 3.05) is 4.72 Å². The van der Waals surface area contributed by atoms with Crippen LogP contribution in [-0.2, 0) is 10.0 Å². The predicted octanol–water partition coefficient (Wildman–Crippen LogP) is 3.98. The summed E-state index contributed by atoms with van der Waals surface area (Å²) in [6, 6.07) is 6.04. The quantitative estimate of drug-likeness (QED) is 0.789. The van der Waals surface area contributed by atoms with Crippen LogP contribution in [0.15, 0.2) is 32.3 Å². The standard InChI is InChI=1S/C11H9BrClNO3S2/c1-6-4-7(13)5-8(11(6)15)14-19(16,17)10-3-2-9(12)18-10/h2-5,14-15H,1H3. The van der Waals surface area contributed by atoms with Gasteiger partial charge in [-0.3, -0.25) is 4.72 Å². The fourth-order valence-electron chi connectivity index (χ4n) is 1.45. The molecule has 0 saturated heterocycles. The average molecular weight is 383 g/mol. The molecule has 2 aromatic rings. The third-order valence-corrected chi connectivity index (χ3v) is 6.02. The molecule has 1 aromatic heterocycles. The molecule has 1 heterocycles. The van der Waals surface area contributed by atoms with Gasteiger partial charge in [0, 0.05) is 5.02 Å². The van der Waals surface area contributed by atoms with Crippen molar-refractivity contribution in [3.05, 3.63) is 38.6 Å². The molecule has 0 bridgehead atoms. The van der Waals surface area contributed by atoms with Gasteiger partial charge in [-0.15, -0.1) is 11.3 Å². The van der Waals surface area contributed by atoms with Gasteiger partial charge in [0.2, 0.25) is 0 Å². The zero-order chi connectivity index (χ0) is 14.2. The number of rotatable bonds is 3. The monoisotopic (exact) mass is 381 g/mol. The summed E-state index contributed by atoms with van der Waals surface area (Å²) in [7, 11) is -3.73. The van der Waals surface area contributed by atoms with Crippen molar-refractivity contribution in [1.82, 2.24) is 0 Å². The molecule has 8 heteroatoms. The summed E-state index contributed by atoms with van der Waals surface area (Å²) in [5.74, 6) is -0.136. The Labute approximate surface area is 128 Å². The van der Waals surface area contributed by atoms with E-state index in [1.165, 1.54) is 12.1 Å². The largest absolute Gasteiger partial charge is 0.505 e. The topological polar surface area (TPSA) is 66.4 Å². The fourth-order valence-corrected chi connectivity index (χ4v) is 4.79. The number of phenols is 1. The van der Waals surface area contributed by atoms with Crippen LogP contribution in [0.25, 0.3) is 0 Å². The van der Waals surface area contributed by atoms with E-state index in [1.807, 2.05) is 0 Å². The molecule has 1 aromatic carbocycles. The molecule has 2 rings (SSSR count). The molecular formula is C11H9BrClNO3S2.